The summed E-state index contributed by atoms with van der Waals surface area (Å²) in [4.78, 5) is 25.8. The molecule has 2 aromatic carbocycles. The highest BCUT2D eigenvalue weighted by Crippen LogP contribution is 2.36. The van der Waals surface area contributed by atoms with E-state index >= 15 is 0 Å². The molecule has 2 rings (SSSR count). The molecule has 0 atom stereocenters. The van der Waals surface area contributed by atoms with Crippen LogP contribution in [0.25, 0.3) is 0 Å². The summed E-state index contributed by atoms with van der Waals surface area (Å²) in [6.45, 7) is 20.9. The Bertz CT molecular complexity index is 863. The topological polar surface area (TPSA) is 185 Å². The fraction of sp³-hybridized carbons (Fsp3) is 0.500. The Morgan fingerprint density at radius 2 is 0.711 bits per heavy atom. The molecule has 216 valence electrons. The van der Waals surface area contributed by atoms with E-state index in [2.05, 4.69) is 103 Å². The first kappa shape index (κ1) is 36.7. The molecule has 0 amide bonds. The van der Waals surface area contributed by atoms with Crippen LogP contribution in [0, 0.1) is 13.8 Å². The number of hydrogen-bond donors (Lipinski definition) is 2. The lowest BCUT2D eigenvalue weighted by atomic mass is 9.92. The van der Waals surface area contributed by atoms with Gasteiger partial charge in [-0.2, -0.15) is 0 Å². The van der Waals surface area contributed by atoms with Crippen molar-refractivity contribution in [2.75, 3.05) is 0 Å². The van der Waals surface area contributed by atoms with Gasteiger partial charge in [0.15, 0.2) is 11.5 Å². The Labute approximate surface area is 225 Å². The van der Waals surface area contributed by atoms with E-state index in [0.717, 1.165) is 22.3 Å². The Morgan fingerprint density at radius 1 is 0.553 bits per heavy atom. The van der Waals surface area contributed by atoms with Crippen molar-refractivity contribution in [1.82, 2.24) is 0 Å². The molecule has 2 N–H and O–H groups in total. The van der Waals surface area contributed by atoms with Gasteiger partial charge in [-0.3, -0.25) is 0 Å². The third-order valence-electron chi connectivity index (χ3n) is 5.25. The average molecular weight is 537 g/mol. The molecule has 0 saturated carbocycles. The minimum Gasteiger partial charge on any atom is -0.652 e. The van der Waals surface area contributed by atoms with E-state index in [9.17, 15) is 0 Å². The summed E-state index contributed by atoms with van der Waals surface area (Å²) >= 11 is 0. The Morgan fingerprint density at radius 3 is 0.816 bits per heavy atom. The van der Waals surface area contributed by atoms with E-state index in [0.29, 0.717) is 35.2 Å². The molecule has 10 heteroatoms. The van der Waals surface area contributed by atoms with E-state index in [-0.39, 0.29) is 0 Å². The van der Waals surface area contributed by atoms with Gasteiger partial charge < -0.3 is 39.8 Å². The molecule has 0 aromatic heterocycles. The molecule has 0 bridgehead atoms. The van der Waals surface area contributed by atoms with Crippen LogP contribution in [0.5, 0.6) is 11.5 Å². The lowest BCUT2D eigenvalue weighted by molar-refractivity contribution is -0.417. The van der Waals surface area contributed by atoms with Crippen molar-refractivity contribution in [3.05, 3.63) is 57.6 Å². The molecular weight excluding hydrogens is 496 g/mol. The first-order valence-corrected chi connectivity index (χ1v) is 12.1. The third kappa shape index (κ3) is 13.7. The van der Waals surface area contributed by atoms with E-state index in [4.69, 9.17) is 40.5 Å². The van der Waals surface area contributed by atoms with Gasteiger partial charge in [-0.15, -0.1) is 0 Å². The highest BCUT2D eigenvalue weighted by Gasteiger charge is 2.17. The molecule has 0 aliphatic rings. The first-order valence-electron chi connectivity index (χ1n) is 12.1. The van der Waals surface area contributed by atoms with Crippen LogP contribution in [0.15, 0.2) is 24.3 Å². The molecule has 0 heterocycles. The quantitative estimate of drug-likeness (QED) is 0.410. The molecular formula is C28H40O10-4. The lowest BCUT2D eigenvalue weighted by Crippen LogP contribution is -2.37. The van der Waals surface area contributed by atoms with E-state index in [1.54, 1.807) is 0 Å². The van der Waals surface area contributed by atoms with E-state index in [1.807, 2.05) is 0 Å². The largest absolute Gasteiger partial charge is 0.652 e. The number of carboxylic acid groups (broad SMARTS) is 4. The summed E-state index contributed by atoms with van der Waals surface area (Å²) in [5.74, 6) is 2.67. The minimum absolute atomic E-state index is 0.351. The number of hydrogen-bond acceptors (Lipinski definition) is 10. The van der Waals surface area contributed by atoms with Crippen LogP contribution >= 0.6 is 0 Å². The summed E-state index contributed by atoms with van der Waals surface area (Å²) < 4.78 is 0. The second-order valence-corrected chi connectivity index (χ2v) is 9.85. The third-order valence-corrected chi connectivity index (χ3v) is 5.25. The SMILES string of the molecule is Cc1cc(C(C)C)c(OO)c(C(C)C)c1.Cc1cc(C(C)C)c(OO)c(C(C)C)c1.O=C([O-])[O-].O=C([O-])[O-]. The van der Waals surface area contributed by atoms with Gasteiger partial charge in [0.05, 0.1) is 0 Å². The minimum atomic E-state index is -2.33. The van der Waals surface area contributed by atoms with Crippen molar-refractivity contribution in [1.29, 1.82) is 0 Å². The Balaban J connectivity index is 0. The molecule has 10 nitrogen and oxygen atoms in total. The lowest BCUT2D eigenvalue weighted by Gasteiger charge is -2.17. The van der Waals surface area contributed by atoms with E-state index < -0.39 is 12.3 Å². The Kier molecular flexibility index (Phi) is 17.2. The fourth-order valence-corrected chi connectivity index (χ4v) is 3.59. The molecule has 0 unspecified atom stereocenters. The summed E-state index contributed by atoms with van der Waals surface area (Å²) in [5.41, 5.74) is 6.70. The molecule has 38 heavy (non-hydrogen) atoms. The zero-order valence-electron chi connectivity index (χ0n) is 23.8. The van der Waals surface area contributed by atoms with Crippen molar-refractivity contribution >= 4 is 12.3 Å². The smallest absolute Gasteiger partial charge is 0.172 e. The molecule has 0 aliphatic heterocycles. The predicted molar refractivity (Wildman–Crippen MR) is 136 cm³/mol. The molecule has 0 aliphatic carbocycles. The summed E-state index contributed by atoms with van der Waals surface area (Å²) in [6.07, 6.45) is -4.67. The molecule has 0 fully saturated rings. The van der Waals surface area contributed by atoms with Gasteiger partial charge in [0.2, 0.25) is 0 Å². The normalized spacial score (nSPS) is 10.1. The second kappa shape index (κ2) is 17.9. The molecule has 0 saturated heterocycles. The van der Waals surface area contributed by atoms with Gasteiger partial charge >= 0.3 is 0 Å². The van der Waals surface area contributed by atoms with Gasteiger partial charge in [-0.05, 0) is 49.8 Å². The maximum atomic E-state index is 8.99. The van der Waals surface area contributed by atoms with Crippen LogP contribution in [0.1, 0.15) is 112 Å². The number of carbonyl (C=O) groups excluding carboxylic acids is 2. The van der Waals surface area contributed by atoms with Crippen LogP contribution < -0.4 is 30.2 Å². The summed E-state index contributed by atoms with van der Waals surface area (Å²) in [6, 6.07) is 8.29. The summed E-state index contributed by atoms with van der Waals surface area (Å²) in [5, 5.41) is 51.3. The average Bonchev–Trinajstić information content (AvgIpc) is 2.77. The number of rotatable bonds is 6. The highest BCUT2D eigenvalue weighted by atomic mass is 17.1. The number of benzene rings is 2. The van der Waals surface area contributed by atoms with Crippen LogP contribution in [0.2, 0.25) is 0 Å². The van der Waals surface area contributed by atoms with Crippen LogP contribution in [0.3, 0.4) is 0 Å². The highest BCUT2D eigenvalue weighted by molar-refractivity contribution is 5.48. The molecule has 0 spiro atoms. The standard InChI is InChI=1S/2C13H20O2.2CH2O3/c2*1-8(2)11-6-10(5)7-12(9(3)4)13(11)15-14;2*2-1(3)4/h2*6-9,14H,1-5H3;2*(H2,2,3,4)/p-4. The summed E-state index contributed by atoms with van der Waals surface area (Å²) in [7, 11) is 0. The van der Waals surface area contributed by atoms with Gasteiger partial charge in [-0.25, -0.2) is 10.5 Å². The van der Waals surface area contributed by atoms with Crippen molar-refractivity contribution in [3.63, 3.8) is 0 Å². The molecule has 2 aromatic rings. The van der Waals surface area contributed by atoms with E-state index in [1.165, 1.54) is 11.1 Å². The molecule has 0 radical (unpaired) electrons. The van der Waals surface area contributed by atoms with Crippen molar-refractivity contribution in [2.45, 2.75) is 92.9 Å². The van der Waals surface area contributed by atoms with Crippen molar-refractivity contribution < 1.29 is 50.3 Å². The maximum Gasteiger partial charge on any atom is 0.172 e. The first-order chi connectivity index (χ1) is 17.4. The Hall–Kier alpha value is -3.50. The maximum absolute atomic E-state index is 8.99. The number of aryl methyl sites for hydroxylation is 2. The monoisotopic (exact) mass is 536 g/mol. The van der Waals surface area contributed by atoms with Crippen LogP contribution in [0.4, 0.5) is 9.59 Å². The second-order valence-electron chi connectivity index (χ2n) is 9.85. The van der Waals surface area contributed by atoms with Crippen LogP contribution in [-0.4, -0.2) is 22.8 Å². The van der Waals surface area contributed by atoms with Crippen molar-refractivity contribution in [2.24, 2.45) is 0 Å². The van der Waals surface area contributed by atoms with Crippen LogP contribution in [-0.2, 0) is 0 Å². The number of carbonyl (C=O) groups is 2. The van der Waals surface area contributed by atoms with Gasteiger partial charge in [0.1, 0.15) is 0 Å². The fourth-order valence-electron chi connectivity index (χ4n) is 3.59. The zero-order chi connectivity index (χ0) is 30.3. The van der Waals surface area contributed by atoms with Gasteiger partial charge in [-0.1, -0.05) is 90.8 Å². The van der Waals surface area contributed by atoms with Gasteiger partial charge in [0.25, 0.3) is 0 Å². The zero-order valence-corrected chi connectivity index (χ0v) is 23.8. The predicted octanol–water partition coefficient (Wildman–Crippen LogP) is 3.29. The van der Waals surface area contributed by atoms with Gasteiger partial charge in [0, 0.05) is 22.3 Å². The van der Waals surface area contributed by atoms with Crippen molar-refractivity contribution in [3.8, 4) is 11.5 Å².